The van der Waals surface area contributed by atoms with E-state index < -0.39 is 12.4 Å². The predicted molar refractivity (Wildman–Crippen MR) is 147 cm³/mol. The van der Waals surface area contributed by atoms with Crippen LogP contribution in [0.3, 0.4) is 0 Å². The molecule has 2 aliphatic rings. The number of amides is 1. The molecular weight excluding hydrogens is 489 g/mol. The fourth-order valence-electron chi connectivity index (χ4n) is 6.17. The van der Waals surface area contributed by atoms with Crippen LogP contribution in [0.4, 0.5) is 0 Å². The summed E-state index contributed by atoms with van der Waals surface area (Å²) < 4.78 is 0. The lowest BCUT2D eigenvalue weighted by atomic mass is 9.94. The molecule has 1 aliphatic heterocycles. The molecule has 3 aromatic rings. The molecule has 3 aromatic carbocycles. The Balaban J connectivity index is 0.00000259. The predicted octanol–water partition coefficient (Wildman–Crippen LogP) is 5.88. The van der Waals surface area contributed by atoms with Crippen LogP contribution in [0, 0.1) is 0 Å². The van der Waals surface area contributed by atoms with Gasteiger partial charge in [-0.1, -0.05) is 73.9 Å². The fraction of sp³-hybridized carbons (Fsp3) is 0.345. The molecule has 33 heavy (non-hydrogen) atoms. The average molecular weight is 523 g/mol. The number of carbonyl (C=O) groups excluding carboxylic acids is 1. The van der Waals surface area contributed by atoms with E-state index in [4.69, 9.17) is 0 Å². The van der Waals surface area contributed by atoms with Crippen LogP contribution >= 0.6 is 24.2 Å². The van der Waals surface area contributed by atoms with Crippen LogP contribution in [0.5, 0.6) is 0 Å². The highest BCUT2D eigenvalue weighted by molar-refractivity contribution is 8.93. The molecule has 1 amide bonds. The topological polar surface area (TPSA) is 20.3 Å². The molecule has 0 N–H and O–H groups in total. The van der Waals surface area contributed by atoms with Gasteiger partial charge in [0.15, 0.2) is 5.16 Å². The minimum absolute atomic E-state index is 0. The van der Waals surface area contributed by atoms with E-state index >= 15 is 0 Å². The van der Waals surface area contributed by atoms with Gasteiger partial charge in [0.1, 0.15) is 23.2 Å². The Kier molecular flexibility index (Phi) is 7.41. The quantitative estimate of drug-likeness (QED) is 0.383. The standard InChI is InChI=1S/C29H33NOP.BrH/c1-29(22-23-30(28(29)31)24-14-6-2-7-15-24)32(25-16-8-3-9-17-25,26-18-10-4-11-19-26)27-20-12-5-13-21-27;/h3-5,8-13,16-21,24H,2,6-7,14-15,22-23H2,1H3;1H/q+1;. The van der Waals surface area contributed by atoms with Crippen molar-refractivity contribution in [1.29, 1.82) is 0 Å². The average Bonchev–Trinajstić information content (AvgIpc) is 3.17. The molecular formula is C29H34BrNOP+. The van der Waals surface area contributed by atoms with Crippen LogP contribution in [-0.2, 0) is 4.79 Å². The lowest BCUT2D eigenvalue weighted by molar-refractivity contribution is -0.132. The zero-order valence-corrected chi connectivity index (χ0v) is 22.0. The second-order valence-corrected chi connectivity index (χ2v) is 13.4. The van der Waals surface area contributed by atoms with Gasteiger partial charge in [-0.25, -0.2) is 0 Å². The number of nitrogens with zero attached hydrogens (tertiary/aromatic N) is 1. The van der Waals surface area contributed by atoms with E-state index in [1.54, 1.807) is 0 Å². The first-order chi connectivity index (χ1) is 15.7. The number of rotatable bonds is 5. The summed E-state index contributed by atoms with van der Waals surface area (Å²) in [6.45, 7) is 3.16. The number of hydrogen-bond donors (Lipinski definition) is 0. The van der Waals surface area contributed by atoms with Gasteiger partial charge in [-0.05, 0) is 56.2 Å². The number of likely N-dealkylation sites (tertiary alicyclic amines) is 1. The smallest absolute Gasteiger partial charge is 0.267 e. The highest BCUT2D eigenvalue weighted by Gasteiger charge is 2.67. The van der Waals surface area contributed by atoms with Gasteiger partial charge in [0.25, 0.3) is 5.91 Å². The second kappa shape index (κ2) is 10.1. The van der Waals surface area contributed by atoms with E-state index in [0.29, 0.717) is 11.9 Å². The first-order valence-corrected chi connectivity index (χ1v) is 13.8. The van der Waals surface area contributed by atoms with Gasteiger partial charge in [0, 0.05) is 19.0 Å². The first kappa shape index (κ1) is 24.2. The number of hydrogen-bond acceptors (Lipinski definition) is 1. The third-order valence-corrected chi connectivity index (χ3v) is 12.9. The Morgan fingerprint density at radius 3 is 1.58 bits per heavy atom. The maximum absolute atomic E-state index is 14.4. The largest absolute Gasteiger partial charge is 0.336 e. The summed E-state index contributed by atoms with van der Waals surface area (Å²) in [5.74, 6) is 0.370. The molecule has 1 heterocycles. The van der Waals surface area contributed by atoms with E-state index in [2.05, 4.69) is 103 Å². The Morgan fingerprint density at radius 2 is 1.15 bits per heavy atom. The maximum Gasteiger partial charge on any atom is 0.267 e. The Hall–Kier alpha value is -1.96. The maximum atomic E-state index is 14.4. The molecule has 0 spiro atoms. The molecule has 0 radical (unpaired) electrons. The van der Waals surface area contributed by atoms with Gasteiger partial charge >= 0.3 is 0 Å². The highest BCUT2D eigenvalue weighted by atomic mass is 79.9. The summed E-state index contributed by atoms with van der Waals surface area (Å²) in [6, 6.07) is 33.0. The summed E-state index contributed by atoms with van der Waals surface area (Å²) in [5.41, 5.74) is 0. The van der Waals surface area contributed by atoms with E-state index in [-0.39, 0.29) is 17.0 Å². The van der Waals surface area contributed by atoms with Crippen molar-refractivity contribution in [2.24, 2.45) is 0 Å². The van der Waals surface area contributed by atoms with Gasteiger partial charge in [-0.15, -0.1) is 17.0 Å². The molecule has 4 heteroatoms. The van der Waals surface area contributed by atoms with Crippen molar-refractivity contribution in [2.45, 2.75) is 56.6 Å². The molecule has 1 saturated heterocycles. The number of carbonyl (C=O) groups is 1. The molecule has 1 atom stereocenters. The third-order valence-electron chi connectivity index (χ3n) is 7.75. The summed E-state index contributed by atoms with van der Waals surface area (Å²) in [4.78, 5) is 16.7. The lowest BCUT2D eigenvalue weighted by Gasteiger charge is -2.40. The van der Waals surface area contributed by atoms with Crippen LogP contribution in [0.1, 0.15) is 45.4 Å². The van der Waals surface area contributed by atoms with Crippen molar-refractivity contribution in [1.82, 2.24) is 4.90 Å². The second-order valence-electron chi connectivity index (χ2n) is 9.49. The van der Waals surface area contributed by atoms with Crippen molar-refractivity contribution >= 4 is 46.1 Å². The normalized spacial score (nSPS) is 21.6. The zero-order chi connectivity index (χ0) is 22.0. The van der Waals surface area contributed by atoms with Gasteiger partial charge in [-0.2, -0.15) is 0 Å². The first-order valence-electron chi connectivity index (χ1n) is 12.0. The molecule has 1 saturated carbocycles. The number of halogens is 1. The molecule has 0 bridgehead atoms. The van der Waals surface area contributed by atoms with E-state index in [9.17, 15) is 4.79 Å². The molecule has 2 fully saturated rings. The Bertz CT molecular complexity index is 956. The summed E-state index contributed by atoms with van der Waals surface area (Å²) in [6.07, 6.45) is 7.05. The van der Waals surface area contributed by atoms with Crippen molar-refractivity contribution in [3.05, 3.63) is 91.0 Å². The molecule has 172 valence electrons. The molecule has 1 aliphatic carbocycles. The molecule has 1 unspecified atom stereocenters. The minimum Gasteiger partial charge on any atom is -0.336 e. The van der Waals surface area contributed by atoms with Crippen LogP contribution in [0.25, 0.3) is 0 Å². The van der Waals surface area contributed by atoms with Crippen molar-refractivity contribution in [2.75, 3.05) is 6.54 Å². The zero-order valence-electron chi connectivity index (χ0n) is 19.4. The van der Waals surface area contributed by atoms with Gasteiger partial charge in [-0.3, -0.25) is 4.79 Å². The van der Waals surface area contributed by atoms with Crippen molar-refractivity contribution in [3.63, 3.8) is 0 Å². The lowest BCUT2D eigenvalue weighted by Crippen LogP contribution is -2.52. The van der Waals surface area contributed by atoms with Crippen LogP contribution < -0.4 is 15.9 Å². The van der Waals surface area contributed by atoms with Gasteiger partial charge < -0.3 is 4.90 Å². The van der Waals surface area contributed by atoms with Gasteiger partial charge in [0.2, 0.25) is 0 Å². The third kappa shape index (κ3) is 3.98. The van der Waals surface area contributed by atoms with E-state index in [0.717, 1.165) is 25.8 Å². The Morgan fingerprint density at radius 1 is 0.727 bits per heavy atom. The minimum atomic E-state index is -2.25. The summed E-state index contributed by atoms with van der Waals surface area (Å²) >= 11 is 0. The van der Waals surface area contributed by atoms with Gasteiger partial charge in [0.05, 0.1) is 0 Å². The highest BCUT2D eigenvalue weighted by Crippen LogP contribution is 2.69. The van der Waals surface area contributed by atoms with Crippen molar-refractivity contribution in [3.8, 4) is 0 Å². The van der Waals surface area contributed by atoms with E-state index in [1.165, 1.54) is 35.2 Å². The van der Waals surface area contributed by atoms with Crippen LogP contribution in [-0.4, -0.2) is 28.5 Å². The molecule has 0 aromatic heterocycles. The summed E-state index contributed by atoms with van der Waals surface area (Å²) in [5, 5.41) is 3.46. The number of benzene rings is 3. The summed E-state index contributed by atoms with van der Waals surface area (Å²) in [7, 11) is -2.25. The van der Waals surface area contributed by atoms with E-state index in [1.807, 2.05) is 0 Å². The molecule has 5 rings (SSSR count). The Labute approximate surface area is 209 Å². The monoisotopic (exact) mass is 522 g/mol. The van der Waals surface area contributed by atoms with Crippen molar-refractivity contribution < 1.29 is 4.79 Å². The van der Waals surface area contributed by atoms with Crippen LogP contribution in [0.15, 0.2) is 91.0 Å². The fourth-order valence-corrected chi connectivity index (χ4v) is 11.5. The molecule has 2 nitrogen and oxygen atoms in total. The van der Waals surface area contributed by atoms with Crippen LogP contribution in [0.2, 0.25) is 0 Å². The SMILES string of the molecule is Br.CC1([P+](c2ccccc2)(c2ccccc2)c2ccccc2)CCN(C2CCCCC2)C1=O.